The van der Waals surface area contributed by atoms with Crippen molar-refractivity contribution in [3.05, 3.63) is 31.1 Å². The molecule has 0 bridgehead atoms. The molecule has 0 radical (unpaired) electrons. The highest BCUT2D eigenvalue weighted by Crippen LogP contribution is 1.98. The van der Waals surface area contributed by atoms with Gasteiger partial charge in [0.05, 0.1) is 0 Å². The number of aryl methyl sites for hydroxylation is 1. The van der Waals surface area contributed by atoms with Gasteiger partial charge in [-0.2, -0.15) is 5.10 Å². The van der Waals surface area contributed by atoms with Crippen molar-refractivity contribution in [2.45, 2.75) is 38.6 Å². The molecule has 0 aliphatic heterocycles. The first-order valence-electron chi connectivity index (χ1n) is 6.22. The lowest BCUT2D eigenvalue weighted by molar-refractivity contribution is 0.531. The van der Waals surface area contributed by atoms with Gasteiger partial charge in [-0.25, -0.2) is 0 Å². The number of nitrogens with zero attached hydrogens (tertiary/aromatic N) is 2. The van der Waals surface area contributed by atoms with Crippen LogP contribution >= 0.6 is 0 Å². The fraction of sp³-hybridized carbons (Fsp3) is 0.615. The van der Waals surface area contributed by atoms with Gasteiger partial charge in [-0.15, -0.1) is 6.58 Å². The number of hydrogen-bond acceptors (Lipinski definition) is 2. The monoisotopic (exact) mass is 221 g/mol. The second-order valence-electron chi connectivity index (χ2n) is 4.01. The molecule has 1 aromatic rings. The molecular weight excluding hydrogens is 198 g/mol. The first kappa shape index (κ1) is 13.0. The van der Waals surface area contributed by atoms with E-state index in [4.69, 9.17) is 0 Å². The van der Waals surface area contributed by atoms with Crippen LogP contribution in [-0.4, -0.2) is 22.9 Å². The zero-order chi connectivity index (χ0) is 11.5. The van der Waals surface area contributed by atoms with E-state index in [0.29, 0.717) is 0 Å². The molecule has 3 heteroatoms. The third-order valence-electron chi connectivity index (χ3n) is 2.56. The Morgan fingerprint density at radius 3 is 2.81 bits per heavy atom. The van der Waals surface area contributed by atoms with Crippen LogP contribution in [0.4, 0.5) is 0 Å². The lowest BCUT2D eigenvalue weighted by Crippen LogP contribution is -2.18. The minimum absolute atomic E-state index is 1.01. The molecule has 0 aromatic carbocycles. The minimum Gasteiger partial charge on any atom is -0.317 e. The van der Waals surface area contributed by atoms with Gasteiger partial charge in [0, 0.05) is 18.9 Å². The average Bonchev–Trinajstić information content (AvgIpc) is 2.80. The topological polar surface area (TPSA) is 29.9 Å². The highest BCUT2D eigenvalue weighted by atomic mass is 15.3. The molecular formula is C13H23N3. The molecule has 3 nitrogen and oxygen atoms in total. The van der Waals surface area contributed by atoms with E-state index in [-0.39, 0.29) is 0 Å². The van der Waals surface area contributed by atoms with E-state index in [1.165, 1.54) is 19.3 Å². The van der Waals surface area contributed by atoms with Gasteiger partial charge < -0.3 is 5.32 Å². The van der Waals surface area contributed by atoms with Crippen molar-refractivity contribution in [2.75, 3.05) is 13.1 Å². The van der Waals surface area contributed by atoms with Gasteiger partial charge in [-0.3, -0.25) is 4.68 Å². The Morgan fingerprint density at radius 1 is 1.19 bits per heavy atom. The van der Waals surface area contributed by atoms with Crippen molar-refractivity contribution < 1.29 is 0 Å². The minimum atomic E-state index is 1.01. The van der Waals surface area contributed by atoms with E-state index >= 15 is 0 Å². The first-order valence-corrected chi connectivity index (χ1v) is 6.22. The normalized spacial score (nSPS) is 10.5. The summed E-state index contributed by atoms with van der Waals surface area (Å²) in [5, 5.41) is 7.62. The van der Waals surface area contributed by atoms with E-state index in [0.717, 1.165) is 32.5 Å². The summed E-state index contributed by atoms with van der Waals surface area (Å²) >= 11 is 0. The van der Waals surface area contributed by atoms with Crippen LogP contribution in [-0.2, 0) is 6.54 Å². The van der Waals surface area contributed by atoms with Crippen molar-refractivity contribution in [3.8, 4) is 0 Å². The number of rotatable bonds is 10. The summed E-state index contributed by atoms with van der Waals surface area (Å²) in [5.74, 6) is 0. The summed E-state index contributed by atoms with van der Waals surface area (Å²) in [6.07, 6.45) is 12.0. The second-order valence-corrected chi connectivity index (χ2v) is 4.01. The van der Waals surface area contributed by atoms with E-state index in [9.17, 15) is 0 Å². The van der Waals surface area contributed by atoms with Crippen molar-refractivity contribution in [2.24, 2.45) is 0 Å². The lowest BCUT2D eigenvalue weighted by Gasteiger charge is -2.04. The molecule has 0 aliphatic rings. The molecule has 0 amide bonds. The summed E-state index contributed by atoms with van der Waals surface area (Å²) < 4.78 is 1.98. The summed E-state index contributed by atoms with van der Waals surface area (Å²) in [6.45, 7) is 6.95. The van der Waals surface area contributed by atoms with Gasteiger partial charge in [-0.05, 0) is 44.8 Å². The van der Waals surface area contributed by atoms with Gasteiger partial charge >= 0.3 is 0 Å². The molecule has 0 aliphatic carbocycles. The molecule has 1 N–H and O–H groups in total. The second kappa shape index (κ2) is 9.16. The van der Waals surface area contributed by atoms with Gasteiger partial charge in [0.15, 0.2) is 0 Å². The Balaban J connectivity index is 1.80. The van der Waals surface area contributed by atoms with Crippen LogP contribution in [0.1, 0.15) is 32.1 Å². The molecule has 1 aromatic heterocycles. The van der Waals surface area contributed by atoms with Crippen molar-refractivity contribution >= 4 is 0 Å². The Morgan fingerprint density at radius 2 is 2.06 bits per heavy atom. The predicted molar refractivity (Wildman–Crippen MR) is 68.4 cm³/mol. The third kappa shape index (κ3) is 6.40. The number of allylic oxidation sites excluding steroid dienone is 1. The number of nitrogens with one attached hydrogen (secondary N) is 1. The summed E-state index contributed by atoms with van der Waals surface area (Å²) in [5.41, 5.74) is 0. The van der Waals surface area contributed by atoms with Crippen LogP contribution < -0.4 is 5.32 Å². The molecule has 1 heterocycles. The van der Waals surface area contributed by atoms with Crippen molar-refractivity contribution in [1.29, 1.82) is 0 Å². The Kier molecular flexibility index (Phi) is 7.43. The van der Waals surface area contributed by atoms with Crippen LogP contribution in [0.5, 0.6) is 0 Å². The van der Waals surface area contributed by atoms with E-state index in [1.54, 1.807) is 0 Å². The average molecular weight is 221 g/mol. The van der Waals surface area contributed by atoms with Gasteiger partial charge in [-0.1, -0.05) is 12.5 Å². The van der Waals surface area contributed by atoms with E-state index < -0.39 is 0 Å². The van der Waals surface area contributed by atoms with Crippen molar-refractivity contribution in [3.63, 3.8) is 0 Å². The fourth-order valence-electron chi connectivity index (χ4n) is 1.64. The van der Waals surface area contributed by atoms with Crippen molar-refractivity contribution in [1.82, 2.24) is 15.1 Å². The van der Waals surface area contributed by atoms with Crippen LogP contribution in [0.15, 0.2) is 31.1 Å². The van der Waals surface area contributed by atoms with Crippen LogP contribution in [0, 0.1) is 0 Å². The molecule has 1 rings (SSSR count). The molecule has 0 saturated carbocycles. The zero-order valence-corrected chi connectivity index (χ0v) is 10.1. The molecule has 0 spiro atoms. The van der Waals surface area contributed by atoms with E-state index in [1.807, 2.05) is 29.2 Å². The zero-order valence-electron chi connectivity index (χ0n) is 10.1. The highest BCUT2D eigenvalue weighted by molar-refractivity contribution is 4.77. The maximum absolute atomic E-state index is 4.16. The van der Waals surface area contributed by atoms with Crippen LogP contribution in [0.3, 0.4) is 0 Å². The number of hydrogen-bond donors (Lipinski definition) is 1. The largest absolute Gasteiger partial charge is 0.317 e. The summed E-state index contributed by atoms with van der Waals surface area (Å²) in [6, 6.07) is 1.97. The summed E-state index contributed by atoms with van der Waals surface area (Å²) in [4.78, 5) is 0. The highest BCUT2D eigenvalue weighted by Gasteiger charge is 1.91. The molecule has 16 heavy (non-hydrogen) atoms. The van der Waals surface area contributed by atoms with Crippen LogP contribution in [0.2, 0.25) is 0 Å². The first-order chi connectivity index (χ1) is 7.93. The maximum atomic E-state index is 4.16. The Bertz CT molecular complexity index is 254. The van der Waals surface area contributed by atoms with Gasteiger partial charge in [0.2, 0.25) is 0 Å². The molecule has 0 saturated heterocycles. The number of unbranched alkanes of at least 4 members (excludes halogenated alkanes) is 3. The standard InChI is InChI=1S/C13H23N3/c1-2-3-4-5-6-9-14-10-7-12-16-13-8-11-15-16/h2,8,11,13-14H,1,3-7,9-10,12H2. The molecule has 0 unspecified atom stereocenters. The van der Waals surface area contributed by atoms with Gasteiger partial charge in [0.25, 0.3) is 0 Å². The van der Waals surface area contributed by atoms with Gasteiger partial charge in [0.1, 0.15) is 0 Å². The SMILES string of the molecule is C=CCCCCCNCCCn1cccn1. The molecule has 0 fully saturated rings. The quantitative estimate of drug-likeness (QED) is 0.486. The smallest absolute Gasteiger partial charge is 0.0489 e. The maximum Gasteiger partial charge on any atom is 0.0489 e. The number of aromatic nitrogens is 2. The van der Waals surface area contributed by atoms with E-state index in [2.05, 4.69) is 17.0 Å². The lowest BCUT2D eigenvalue weighted by atomic mass is 10.2. The Hall–Kier alpha value is -1.09. The summed E-state index contributed by atoms with van der Waals surface area (Å²) in [7, 11) is 0. The van der Waals surface area contributed by atoms with Crippen LogP contribution in [0.25, 0.3) is 0 Å². The molecule has 90 valence electrons. The fourth-order valence-corrected chi connectivity index (χ4v) is 1.64. The molecule has 0 atom stereocenters. The Labute approximate surface area is 98.5 Å². The third-order valence-corrected chi connectivity index (χ3v) is 2.56. The predicted octanol–water partition coefficient (Wildman–Crippen LogP) is 2.61.